The first kappa shape index (κ1) is 14.9. The monoisotopic (exact) mass is 310 g/mol. The molecule has 106 valence electrons. The number of hydrogen-bond acceptors (Lipinski definition) is 4. The molecule has 1 aromatic carbocycles. The van der Waals surface area contributed by atoms with E-state index in [-0.39, 0.29) is 11.2 Å². The van der Waals surface area contributed by atoms with Crippen molar-refractivity contribution in [1.82, 2.24) is 5.16 Å². The summed E-state index contributed by atoms with van der Waals surface area (Å²) in [6, 6.07) is 9.31. The van der Waals surface area contributed by atoms with Crippen molar-refractivity contribution in [2.75, 3.05) is 5.32 Å². The summed E-state index contributed by atoms with van der Waals surface area (Å²) in [7, 11) is 0. The van der Waals surface area contributed by atoms with Crippen LogP contribution in [-0.2, 0) is 10.5 Å². The molecule has 0 spiro atoms. The molecule has 0 aliphatic rings. The van der Waals surface area contributed by atoms with Gasteiger partial charge in [-0.15, -0.1) is 11.8 Å². The normalized spacial score (nSPS) is 12.2. The van der Waals surface area contributed by atoms with Gasteiger partial charge in [0.05, 0.1) is 5.25 Å². The number of hydrogen-bond donors (Lipinski definition) is 1. The largest absolute Gasteiger partial charge is 0.360 e. The van der Waals surface area contributed by atoms with Gasteiger partial charge in [0, 0.05) is 16.8 Å². The summed E-state index contributed by atoms with van der Waals surface area (Å²) >= 11 is 7.61. The number of nitrogens with one attached hydrogen (secondary N) is 1. The minimum absolute atomic E-state index is 0.102. The Kier molecular flexibility index (Phi) is 5.09. The Morgan fingerprint density at radius 3 is 2.90 bits per heavy atom. The number of amides is 1. The minimum atomic E-state index is -0.205. The van der Waals surface area contributed by atoms with Crippen molar-refractivity contribution in [3.05, 3.63) is 46.7 Å². The molecule has 0 aliphatic heterocycles. The molecule has 2 aromatic rings. The van der Waals surface area contributed by atoms with Crippen LogP contribution >= 0.6 is 23.4 Å². The molecular weight excluding hydrogens is 296 g/mol. The molecule has 1 amide bonds. The molecule has 0 unspecified atom stereocenters. The smallest absolute Gasteiger partial charge is 0.238 e. The Morgan fingerprint density at radius 2 is 2.25 bits per heavy atom. The standard InChI is InChI=1S/C14H15ClN2O2S/c1-9-7-13(17-19-9)16-14(18)10(2)20-8-11-5-3-4-6-12(11)15/h3-7,10H,8H2,1-2H3,(H,16,17,18)/t10-/m1/s1. The van der Waals surface area contributed by atoms with Gasteiger partial charge in [0.1, 0.15) is 5.76 Å². The van der Waals surface area contributed by atoms with Crippen molar-refractivity contribution in [1.29, 1.82) is 0 Å². The second-order valence-electron chi connectivity index (χ2n) is 4.36. The first-order valence-corrected chi connectivity index (χ1v) is 7.58. The summed E-state index contributed by atoms with van der Waals surface area (Å²) < 4.78 is 4.90. The van der Waals surface area contributed by atoms with E-state index in [2.05, 4.69) is 10.5 Å². The molecule has 0 fully saturated rings. The number of carbonyl (C=O) groups excluding carboxylic acids is 1. The molecular formula is C14H15ClN2O2S. The van der Waals surface area contributed by atoms with Crippen LogP contribution in [0.3, 0.4) is 0 Å². The molecule has 6 heteroatoms. The molecule has 1 atom stereocenters. The number of anilines is 1. The second-order valence-corrected chi connectivity index (χ2v) is 6.09. The SMILES string of the molecule is Cc1cc(NC(=O)[C@@H](C)SCc2ccccc2Cl)no1. The lowest BCUT2D eigenvalue weighted by atomic mass is 10.2. The van der Waals surface area contributed by atoms with E-state index in [0.29, 0.717) is 17.3 Å². The second kappa shape index (κ2) is 6.81. The number of nitrogens with zero attached hydrogens (tertiary/aromatic N) is 1. The topological polar surface area (TPSA) is 55.1 Å². The number of rotatable bonds is 5. The Labute approximate surface area is 126 Å². The summed E-state index contributed by atoms with van der Waals surface area (Å²) in [4.78, 5) is 12.0. The van der Waals surface area contributed by atoms with Crippen molar-refractivity contribution in [2.24, 2.45) is 0 Å². The van der Waals surface area contributed by atoms with Gasteiger partial charge in [-0.25, -0.2) is 0 Å². The van der Waals surface area contributed by atoms with Gasteiger partial charge in [0.2, 0.25) is 5.91 Å². The van der Waals surface area contributed by atoms with Crippen molar-refractivity contribution in [3.63, 3.8) is 0 Å². The lowest BCUT2D eigenvalue weighted by Crippen LogP contribution is -2.22. The minimum Gasteiger partial charge on any atom is -0.360 e. The summed E-state index contributed by atoms with van der Waals surface area (Å²) in [5.74, 6) is 1.69. The zero-order chi connectivity index (χ0) is 14.5. The molecule has 1 aromatic heterocycles. The van der Waals surface area contributed by atoms with E-state index in [1.807, 2.05) is 31.2 Å². The van der Waals surface area contributed by atoms with E-state index >= 15 is 0 Å². The van der Waals surface area contributed by atoms with Crippen LogP contribution in [0.2, 0.25) is 5.02 Å². The van der Waals surface area contributed by atoms with Crippen molar-refractivity contribution in [2.45, 2.75) is 24.9 Å². The lowest BCUT2D eigenvalue weighted by Gasteiger charge is -2.11. The van der Waals surface area contributed by atoms with E-state index in [1.165, 1.54) is 11.8 Å². The maximum absolute atomic E-state index is 12.0. The van der Waals surface area contributed by atoms with E-state index in [0.717, 1.165) is 10.6 Å². The first-order valence-electron chi connectivity index (χ1n) is 6.15. The van der Waals surface area contributed by atoms with Gasteiger partial charge in [-0.1, -0.05) is 35.0 Å². The van der Waals surface area contributed by atoms with Gasteiger partial charge in [0.15, 0.2) is 5.82 Å². The molecule has 4 nitrogen and oxygen atoms in total. The summed E-state index contributed by atoms with van der Waals surface area (Å²) in [5.41, 5.74) is 1.02. The van der Waals surface area contributed by atoms with Crippen LogP contribution in [0, 0.1) is 6.92 Å². The van der Waals surface area contributed by atoms with Crippen LogP contribution in [0.5, 0.6) is 0 Å². The van der Waals surface area contributed by atoms with Crippen molar-refractivity contribution < 1.29 is 9.32 Å². The third-order valence-electron chi connectivity index (χ3n) is 2.70. The zero-order valence-corrected chi connectivity index (χ0v) is 12.8. The van der Waals surface area contributed by atoms with Gasteiger partial charge < -0.3 is 9.84 Å². The molecule has 1 heterocycles. The summed E-state index contributed by atoms with van der Waals surface area (Å²) in [5, 5.41) is 6.97. The highest BCUT2D eigenvalue weighted by atomic mass is 35.5. The Bertz CT molecular complexity index is 600. The fourth-order valence-corrected chi connectivity index (χ4v) is 2.73. The quantitative estimate of drug-likeness (QED) is 0.910. The highest BCUT2D eigenvalue weighted by Crippen LogP contribution is 2.24. The summed E-state index contributed by atoms with van der Waals surface area (Å²) in [6.45, 7) is 3.63. The van der Waals surface area contributed by atoms with Gasteiger partial charge in [-0.05, 0) is 25.5 Å². The third-order valence-corrected chi connectivity index (χ3v) is 4.26. The molecule has 0 radical (unpaired) electrons. The molecule has 0 saturated heterocycles. The van der Waals surface area contributed by atoms with Gasteiger partial charge in [-0.3, -0.25) is 4.79 Å². The van der Waals surface area contributed by atoms with Crippen LogP contribution in [0.1, 0.15) is 18.2 Å². The number of thioether (sulfide) groups is 1. The first-order chi connectivity index (χ1) is 9.56. The fourth-order valence-electron chi connectivity index (χ4n) is 1.56. The Hall–Kier alpha value is -1.46. The average molecular weight is 311 g/mol. The highest BCUT2D eigenvalue weighted by molar-refractivity contribution is 7.99. The van der Waals surface area contributed by atoms with E-state index in [4.69, 9.17) is 16.1 Å². The number of halogens is 1. The maximum atomic E-state index is 12.0. The van der Waals surface area contributed by atoms with E-state index in [1.54, 1.807) is 13.0 Å². The Morgan fingerprint density at radius 1 is 1.50 bits per heavy atom. The van der Waals surface area contributed by atoms with E-state index in [9.17, 15) is 4.79 Å². The van der Waals surface area contributed by atoms with Crippen LogP contribution in [-0.4, -0.2) is 16.3 Å². The molecule has 20 heavy (non-hydrogen) atoms. The summed E-state index contributed by atoms with van der Waals surface area (Å²) in [6.07, 6.45) is 0. The predicted octanol–water partition coefficient (Wildman–Crippen LogP) is 3.90. The lowest BCUT2D eigenvalue weighted by molar-refractivity contribution is -0.115. The molecule has 0 bridgehead atoms. The van der Waals surface area contributed by atoms with Gasteiger partial charge in [0.25, 0.3) is 0 Å². The van der Waals surface area contributed by atoms with Crippen LogP contribution in [0.15, 0.2) is 34.9 Å². The fraction of sp³-hybridized carbons (Fsp3) is 0.286. The van der Waals surface area contributed by atoms with E-state index < -0.39 is 0 Å². The zero-order valence-electron chi connectivity index (χ0n) is 11.2. The van der Waals surface area contributed by atoms with Crippen LogP contribution in [0.4, 0.5) is 5.82 Å². The van der Waals surface area contributed by atoms with Gasteiger partial charge in [-0.2, -0.15) is 0 Å². The number of aryl methyl sites for hydroxylation is 1. The maximum Gasteiger partial charge on any atom is 0.238 e. The predicted molar refractivity (Wildman–Crippen MR) is 82.1 cm³/mol. The Balaban J connectivity index is 1.87. The van der Waals surface area contributed by atoms with Crippen molar-refractivity contribution >= 4 is 35.1 Å². The third kappa shape index (κ3) is 4.02. The number of aromatic nitrogens is 1. The molecule has 1 N–H and O–H groups in total. The number of benzene rings is 1. The highest BCUT2D eigenvalue weighted by Gasteiger charge is 2.15. The average Bonchev–Trinajstić information content (AvgIpc) is 2.82. The van der Waals surface area contributed by atoms with Gasteiger partial charge >= 0.3 is 0 Å². The van der Waals surface area contributed by atoms with Crippen LogP contribution in [0.25, 0.3) is 0 Å². The van der Waals surface area contributed by atoms with Crippen LogP contribution < -0.4 is 5.32 Å². The number of carbonyl (C=O) groups is 1. The molecule has 0 saturated carbocycles. The molecule has 2 rings (SSSR count). The van der Waals surface area contributed by atoms with Crippen molar-refractivity contribution in [3.8, 4) is 0 Å². The molecule has 0 aliphatic carbocycles.